The van der Waals surface area contributed by atoms with Crippen molar-refractivity contribution in [3.8, 4) is 17.0 Å². The van der Waals surface area contributed by atoms with Gasteiger partial charge in [0.15, 0.2) is 0 Å². The summed E-state index contributed by atoms with van der Waals surface area (Å²) in [4.78, 5) is 22.3. The molecule has 0 spiro atoms. The molecule has 3 aromatic heterocycles. The lowest BCUT2D eigenvalue weighted by atomic mass is 9.89. The number of hydrogen-bond acceptors (Lipinski definition) is 8. The molecule has 192 valence electrons. The highest BCUT2D eigenvalue weighted by molar-refractivity contribution is 5.75. The quantitative estimate of drug-likeness (QED) is 0.323. The lowest BCUT2D eigenvalue weighted by Gasteiger charge is -2.42. The zero-order chi connectivity index (χ0) is 26.3. The molecule has 0 unspecified atom stereocenters. The summed E-state index contributed by atoms with van der Waals surface area (Å²) in [5.74, 6) is -2.07. The lowest BCUT2D eigenvalue weighted by Crippen LogP contribution is -2.61. The van der Waals surface area contributed by atoms with Crippen molar-refractivity contribution in [1.82, 2.24) is 24.9 Å². The van der Waals surface area contributed by atoms with Crippen molar-refractivity contribution in [2.45, 2.75) is 25.9 Å². The number of nitrogens with zero attached hydrogens (tertiary/aromatic N) is 5. The van der Waals surface area contributed by atoms with Crippen LogP contribution in [0.5, 0.6) is 5.75 Å². The third kappa shape index (κ3) is 4.75. The number of amides is 1. The van der Waals surface area contributed by atoms with Crippen LogP contribution in [-0.4, -0.2) is 55.8 Å². The first-order chi connectivity index (χ1) is 17.7. The van der Waals surface area contributed by atoms with Crippen LogP contribution < -0.4 is 21.3 Å². The molecule has 1 aromatic carbocycles. The molecule has 37 heavy (non-hydrogen) atoms. The topological polar surface area (TPSA) is 134 Å². The Morgan fingerprint density at radius 3 is 2.62 bits per heavy atom. The molecule has 4 aromatic rings. The Morgan fingerprint density at radius 1 is 1.16 bits per heavy atom. The van der Waals surface area contributed by atoms with Crippen LogP contribution in [0.4, 0.5) is 26.1 Å². The van der Waals surface area contributed by atoms with Gasteiger partial charge in [-0.2, -0.15) is 9.61 Å². The van der Waals surface area contributed by atoms with Gasteiger partial charge in [0.2, 0.25) is 11.9 Å². The number of nitrogens with one attached hydrogen (secondary N) is 2. The molecule has 1 fully saturated rings. The van der Waals surface area contributed by atoms with E-state index in [4.69, 9.17) is 5.73 Å². The molecule has 10 nitrogen and oxygen atoms in total. The normalized spacial score (nSPS) is 19.7. The molecule has 3 atom stereocenters. The van der Waals surface area contributed by atoms with Gasteiger partial charge in [-0.3, -0.25) is 9.78 Å². The molecule has 1 aliphatic rings. The fourth-order valence-electron chi connectivity index (χ4n) is 4.79. The zero-order valence-corrected chi connectivity index (χ0v) is 20.2. The number of carbonyl (C=O) groups is 1. The van der Waals surface area contributed by atoms with Gasteiger partial charge in [-0.1, -0.05) is 6.92 Å². The smallest absolute Gasteiger partial charge is 0.229 e. The van der Waals surface area contributed by atoms with E-state index in [1.807, 2.05) is 13.0 Å². The molecular weight excluding hydrogens is 482 g/mol. The predicted octanol–water partition coefficient (Wildman–Crippen LogP) is 2.81. The Bertz CT molecular complexity index is 1440. The zero-order valence-electron chi connectivity index (χ0n) is 20.2. The van der Waals surface area contributed by atoms with Crippen molar-refractivity contribution in [2.24, 2.45) is 11.7 Å². The molecule has 0 saturated carbocycles. The summed E-state index contributed by atoms with van der Waals surface area (Å²) in [5, 5.41) is 20.0. The van der Waals surface area contributed by atoms with E-state index in [0.29, 0.717) is 30.2 Å². The summed E-state index contributed by atoms with van der Waals surface area (Å²) in [7, 11) is 0. The van der Waals surface area contributed by atoms with Crippen molar-refractivity contribution in [3.63, 3.8) is 0 Å². The van der Waals surface area contributed by atoms with Crippen LogP contribution in [0.3, 0.4) is 0 Å². The van der Waals surface area contributed by atoms with E-state index in [-0.39, 0.29) is 35.2 Å². The van der Waals surface area contributed by atoms with E-state index < -0.39 is 17.4 Å². The molecule has 5 N–H and O–H groups in total. The van der Waals surface area contributed by atoms with Gasteiger partial charge in [0.25, 0.3) is 0 Å². The van der Waals surface area contributed by atoms with Crippen LogP contribution >= 0.6 is 0 Å². The molecule has 4 heterocycles. The van der Waals surface area contributed by atoms with Crippen molar-refractivity contribution >= 4 is 28.7 Å². The van der Waals surface area contributed by atoms with Crippen LogP contribution in [0.15, 0.2) is 48.9 Å². The minimum atomic E-state index is -0.929. The number of phenols is 1. The lowest BCUT2D eigenvalue weighted by molar-refractivity contribution is -0.120. The number of aromatic nitrogens is 4. The van der Waals surface area contributed by atoms with Gasteiger partial charge in [0.1, 0.15) is 17.4 Å². The molecule has 5 rings (SSSR count). The maximum atomic E-state index is 14.5. The summed E-state index contributed by atoms with van der Waals surface area (Å²) in [6, 6.07) is 6.24. The molecule has 1 amide bonds. The summed E-state index contributed by atoms with van der Waals surface area (Å²) in [6.45, 7) is 4.69. The average molecular weight is 509 g/mol. The summed E-state index contributed by atoms with van der Waals surface area (Å²) in [6.07, 6.45) is 4.90. The number of nitrogens with two attached hydrogens (primary N) is 1. The maximum Gasteiger partial charge on any atom is 0.229 e. The Balaban J connectivity index is 1.46. The highest BCUT2D eigenvalue weighted by Crippen LogP contribution is 2.32. The third-order valence-electron chi connectivity index (χ3n) is 6.44. The second-order valence-corrected chi connectivity index (χ2v) is 9.21. The molecule has 0 radical (unpaired) electrons. The Kier molecular flexibility index (Phi) is 6.34. The van der Waals surface area contributed by atoms with Crippen molar-refractivity contribution in [2.75, 3.05) is 23.3 Å². The van der Waals surface area contributed by atoms with E-state index in [9.17, 15) is 18.7 Å². The second-order valence-electron chi connectivity index (χ2n) is 9.21. The van der Waals surface area contributed by atoms with Gasteiger partial charge in [-0.25, -0.2) is 13.8 Å². The minimum absolute atomic E-state index is 0.0369. The van der Waals surface area contributed by atoms with Gasteiger partial charge >= 0.3 is 0 Å². The largest absolute Gasteiger partial charge is 0.508 e. The average Bonchev–Trinajstić information content (AvgIpc) is 3.23. The van der Waals surface area contributed by atoms with Gasteiger partial charge in [-0.15, -0.1) is 0 Å². The van der Waals surface area contributed by atoms with Crippen molar-refractivity contribution in [3.05, 3.63) is 60.6 Å². The fraction of sp³-hybridized carbons (Fsp3) is 0.280. The van der Waals surface area contributed by atoms with Gasteiger partial charge in [0.05, 0.1) is 40.5 Å². The van der Waals surface area contributed by atoms with Crippen LogP contribution in [0.1, 0.15) is 13.8 Å². The van der Waals surface area contributed by atoms with Crippen molar-refractivity contribution < 1.29 is 18.7 Å². The number of fused-ring (bicyclic) bond motifs is 1. The van der Waals surface area contributed by atoms with Gasteiger partial charge in [-0.05, 0) is 24.1 Å². The first-order valence-electron chi connectivity index (χ1n) is 11.7. The van der Waals surface area contributed by atoms with E-state index in [2.05, 4.69) is 30.6 Å². The van der Waals surface area contributed by atoms with E-state index >= 15 is 0 Å². The van der Waals surface area contributed by atoms with E-state index in [1.165, 1.54) is 17.5 Å². The van der Waals surface area contributed by atoms with Gasteiger partial charge in [0, 0.05) is 50.4 Å². The molecule has 1 aliphatic heterocycles. The summed E-state index contributed by atoms with van der Waals surface area (Å²) >= 11 is 0. The van der Waals surface area contributed by atoms with Crippen LogP contribution in [0, 0.1) is 17.6 Å². The van der Waals surface area contributed by atoms with Crippen LogP contribution in [0.25, 0.3) is 16.8 Å². The number of anilines is 3. The van der Waals surface area contributed by atoms with Gasteiger partial charge < -0.3 is 26.4 Å². The molecule has 1 saturated heterocycles. The predicted molar refractivity (Wildman–Crippen MR) is 134 cm³/mol. The number of halogens is 2. The number of hydrogen-bond donors (Lipinski definition) is 4. The minimum Gasteiger partial charge on any atom is -0.508 e. The van der Waals surface area contributed by atoms with E-state index in [0.717, 1.165) is 17.8 Å². The first-order valence-corrected chi connectivity index (χ1v) is 11.7. The molecule has 12 heteroatoms. The number of rotatable bonds is 5. The number of imidazole rings is 1. The molecular formula is C25H26F2N8O2. The number of piperidine rings is 1. The summed E-state index contributed by atoms with van der Waals surface area (Å²) < 4.78 is 30.4. The number of aromatic hydroxyl groups is 1. The van der Waals surface area contributed by atoms with Crippen molar-refractivity contribution in [1.29, 1.82) is 0 Å². The number of pyridine rings is 1. The Morgan fingerprint density at radius 2 is 1.92 bits per heavy atom. The number of phenolic OH excluding ortho intramolecular Hbond substituents is 1. The number of benzene rings is 1. The Labute approximate surface area is 211 Å². The highest BCUT2D eigenvalue weighted by atomic mass is 19.1. The third-order valence-corrected chi connectivity index (χ3v) is 6.44. The second kappa shape index (κ2) is 9.62. The van der Waals surface area contributed by atoms with Crippen LogP contribution in [0.2, 0.25) is 0 Å². The highest BCUT2D eigenvalue weighted by Gasteiger charge is 2.34. The monoisotopic (exact) mass is 508 g/mol. The molecule has 0 bridgehead atoms. The van der Waals surface area contributed by atoms with E-state index in [1.54, 1.807) is 24.7 Å². The SMILES string of the molecule is CC(=O)N[C@@H]1[C@H](N)CN(c2ccncc2Nc2ncc3ccc(-c4c(F)cc(O)cc4F)nn23)C[C@@H]1C. The van der Waals surface area contributed by atoms with Crippen LogP contribution in [-0.2, 0) is 4.79 Å². The summed E-state index contributed by atoms with van der Waals surface area (Å²) in [5.41, 5.74) is 8.17. The Hall–Kier alpha value is -4.32. The number of carbonyl (C=O) groups excluding carboxylic acids is 1. The molecule has 0 aliphatic carbocycles. The first kappa shape index (κ1) is 24.4. The maximum absolute atomic E-state index is 14.5. The fourth-order valence-corrected chi connectivity index (χ4v) is 4.79. The standard InChI is InChI=1S/C25H26F2N8O2/c1-13-11-34(12-19(28)24(13)31-14(2)36)22-5-6-29-10-21(22)32-25-30-9-15-3-4-20(33-35(15)25)23-17(26)7-16(37)8-18(23)27/h3-10,13,19,24,37H,11-12,28H2,1-2H3,(H,30,32)(H,31,36)/t13-,19+,24-/m0/s1.